The molecule has 1 N–H and O–H groups in total. The molecule has 1 heterocycles. The number of carboxylic acid groups (broad SMARTS) is 1. The maximum absolute atomic E-state index is 11.4. The summed E-state index contributed by atoms with van der Waals surface area (Å²) in [5.41, 5.74) is 2.67. The SMILES string of the molecule is Cc1cnc2ccc(CC3(C(=O)O)CCC3)cc2c1. The molecule has 19 heavy (non-hydrogen) atoms. The molecule has 0 bridgehead atoms. The summed E-state index contributed by atoms with van der Waals surface area (Å²) in [6.45, 7) is 2.02. The molecule has 1 aromatic heterocycles. The third-order valence-electron chi connectivity index (χ3n) is 4.19. The summed E-state index contributed by atoms with van der Waals surface area (Å²) in [5, 5.41) is 10.5. The highest BCUT2D eigenvalue weighted by Crippen LogP contribution is 2.44. The minimum atomic E-state index is -0.652. The molecule has 3 rings (SSSR count). The predicted molar refractivity (Wildman–Crippen MR) is 74.1 cm³/mol. The van der Waals surface area contributed by atoms with Crippen LogP contribution in [-0.4, -0.2) is 16.1 Å². The molecule has 0 atom stereocenters. The van der Waals surface area contributed by atoms with E-state index in [1.165, 1.54) is 0 Å². The zero-order chi connectivity index (χ0) is 13.5. The maximum Gasteiger partial charge on any atom is 0.309 e. The Hall–Kier alpha value is -1.90. The van der Waals surface area contributed by atoms with E-state index >= 15 is 0 Å². The van der Waals surface area contributed by atoms with Gasteiger partial charge in [-0.25, -0.2) is 0 Å². The van der Waals surface area contributed by atoms with Gasteiger partial charge < -0.3 is 5.11 Å². The summed E-state index contributed by atoms with van der Waals surface area (Å²) < 4.78 is 0. The van der Waals surface area contributed by atoms with Gasteiger partial charge in [-0.3, -0.25) is 9.78 Å². The highest BCUT2D eigenvalue weighted by molar-refractivity contribution is 5.80. The van der Waals surface area contributed by atoms with Crippen LogP contribution >= 0.6 is 0 Å². The number of aromatic nitrogens is 1. The van der Waals surface area contributed by atoms with Crippen LogP contribution in [0.5, 0.6) is 0 Å². The average molecular weight is 255 g/mol. The minimum Gasteiger partial charge on any atom is -0.481 e. The lowest BCUT2D eigenvalue weighted by Crippen LogP contribution is -2.39. The highest BCUT2D eigenvalue weighted by Gasteiger charge is 2.44. The monoisotopic (exact) mass is 255 g/mol. The summed E-state index contributed by atoms with van der Waals surface area (Å²) in [6, 6.07) is 8.17. The van der Waals surface area contributed by atoms with Crippen LogP contribution in [0.2, 0.25) is 0 Å². The maximum atomic E-state index is 11.4. The molecule has 1 aliphatic carbocycles. The molecule has 3 heteroatoms. The number of carboxylic acids is 1. The lowest BCUT2D eigenvalue weighted by atomic mass is 9.65. The molecule has 0 amide bonds. The summed E-state index contributed by atoms with van der Waals surface area (Å²) in [4.78, 5) is 15.8. The van der Waals surface area contributed by atoms with E-state index in [4.69, 9.17) is 0 Å². The summed E-state index contributed by atoms with van der Waals surface area (Å²) >= 11 is 0. The van der Waals surface area contributed by atoms with Crippen LogP contribution in [-0.2, 0) is 11.2 Å². The summed E-state index contributed by atoms with van der Waals surface area (Å²) in [7, 11) is 0. The number of fused-ring (bicyclic) bond motifs is 1. The standard InChI is InChI=1S/C16H17NO2/c1-11-7-13-8-12(3-4-14(13)17-10-11)9-16(15(18)19)5-2-6-16/h3-4,7-8,10H,2,5-6,9H2,1H3,(H,18,19). The third kappa shape index (κ3) is 2.09. The van der Waals surface area contributed by atoms with Gasteiger partial charge >= 0.3 is 5.97 Å². The number of nitrogens with zero attached hydrogens (tertiary/aromatic N) is 1. The Balaban J connectivity index is 1.95. The van der Waals surface area contributed by atoms with Crippen molar-refractivity contribution in [3.63, 3.8) is 0 Å². The number of benzene rings is 1. The molecule has 0 saturated heterocycles. The summed E-state index contributed by atoms with van der Waals surface area (Å²) in [6.07, 6.45) is 5.11. The number of rotatable bonds is 3. The Morgan fingerprint density at radius 2 is 2.16 bits per heavy atom. The van der Waals surface area contributed by atoms with Gasteiger partial charge in [0, 0.05) is 11.6 Å². The van der Waals surface area contributed by atoms with Gasteiger partial charge in [-0.15, -0.1) is 0 Å². The van der Waals surface area contributed by atoms with Crippen LogP contribution in [0.4, 0.5) is 0 Å². The zero-order valence-electron chi connectivity index (χ0n) is 11.0. The first-order valence-corrected chi connectivity index (χ1v) is 6.68. The normalized spacial score (nSPS) is 17.1. The fraction of sp³-hybridized carbons (Fsp3) is 0.375. The van der Waals surface area contributed by atoms with Crippen LogP contribution in [0.25, 0.3) is 10.9 Å². The van der Waals surface area contributed by atoms with Gasteiger partial charge in [-0.1, -0.05) is 12.5 Å². The topological polar surface area (TPSA) is 50.2 Å². The predicted octanol–water partition coefficient (Wildman–Crippen LogP) is 3.34. The van der Waals surface area contributed by atoms with Crippen molar-refractivity contribution in [3.05, 3.63) is 41.6 Å². The Kier molecular flexibility index (Phi) is 2.77. The molecule has 0 spiro atoms. The Bertz CT molecular complexity index is 644. The second-order valence-corrected chi connectivity index (χ2v) is 5.66. The number of pyridine rings is 1. The molecule has 1 saturated carbocycles. The Morgan fingerprint density at radius 1 is 1.37 bits per heavy atom. The molecule has 0 aliphatic heterocycles. The Morgan fingerprint density at radius 3 is 2.79 bits per heavy atom. The van der Waals surface area contributed by atoms with Crippen LogP contribution in [0.1, 0.15) is 30.4 Å². The molecule has 98 valence electrons. The molecule has 2 aromatic rings. The van der Waals surface area contributed by atoms with Crippen LogP contribution < -0.4 is 0 Å². The first kappa shape index (κ1) is 12.2. The number of carbonyl (C=O) groups is 1. The number of hydrogen-bond donors (Lipinski definition) is 1. The van der Waals surface area contributed by atoms with E-state index in [9.17, 15) is 9.90 Å². The second kappa shape index (κ2) is 4.34. The fourth-order valence-electron chi connectivity index (χ4n) is 2.86. The van der Waals surface area contributed by atoms with E-state index in [0.29, 0.717) is 6.42 Å². The molecular weight excluding hydrogens is 238 g/mol. The van der Waals surface area contributed by atoms with Gasteiger partial charge in [0.25, 0.3) is 0 Å². The van der Waals surface area contributed by atoms with Crippen molar-refractivity contribution >= 4 is 16.9 Å². The number of hydrogen-bond acceptors (Lipinski definition) is 2. The quantitative estimate of drug-likeness (QED) is 0.915. The zero-order valence-corrected chi connectivity index (χ0v) is 11.0. The first-order valence-electron chi connectivity index (χ1n) is 6.68. The van der Waals surface area contributed by atoms with Crippen LogP contribution in [0, 0.1) is 12.3 Å². The highest BCUT2D eigenvalue weighted by atomic mass is 16.4. The third-order valence-corrected chi connectivity index (χ3v) is 4.19. The van der Waals surface area contributed by atoms with Gasteiger partial charge in [0.1, 0.15) is 0 Å². The lowest BCUT2D eigenvalue weighted by Gasteiger charge is -2.37. The van der Waals surface area contributed by atoms with Crippen molar-refractivity contribution in [2.45, 2.75) is 32.6 Å². The largest absolute Gasteiger partial charge is 0.481 e. The molecule has 1 aliphatic rings. The first-order chi connectivity index (χ1) is 9.09. The van der Waals surface area contributed by atoms with Crippen LogP contribution in [0.15, 0.2) is 30.5 Å². The Labute approximate surface area is 112 Å². The van der Waals surface area contributed by atoms with E-state index in [1.807, 2.05) is 25.3 Å². The van der Waals surface area contributed by atoms with Crippen molar-refractivity contribution in [2.24, 2.45) is 5.41 Å². The number of aliphatic carboxylic acids is 1. The van der Waals surface area contributed by atoms with Crippen molar-refractivity contribution in [2.75, 3.05) is 0 Å². The lowest BCUT2D eigenvalue weighted by molar-refractivity contribution is -0.154. The van der Waals surface area contributed by atoms with Gasteiger partial charge in [0.05, 0.1) is 10.9 Å². The van der Waals surface area contributed by atoms with Crippen molar-refractivity contribution < 1.29 is 9.90 Å². The minimum absolute atomic E-state index is 0.523. The van der Waals surface area contributed by atoms with E-state index in [2.05, 4.69) is 17.1 Å². The molecule has 0 unspecified atom stereocenters. The van der Waals surface area contributed by atoms with E-state index < -0.39 is 11.4 Å². The molecular formula is C16H17NO2. The second-order valence-electron chi connectivity index (χ2n) is 5.66. The van der Waals surface area contributed by atoms with E-state index in [0.717, 1.165) is 41.3 Å². The molecule has 1 aromatic carbocycles. The summed E-state index contributed by atoms with van der Waals surface area (Å²) in [5.74, 6) is -0.652. The smallest absolute Gasteiger partial charge is 0.309 e. The molecule has 3 nitrogen and oxygen atoms in total. The van der Waals surface area contributed by atoms with Crippen molar-refractivity contribution in [1.29, 1.82) is 0 Å². The molecule has 1 fully saturated rings. The molecule has 0 radical (unpaired) electrons. The van der Waals surface area contributed by atoms with Gasteiger partial charge in [0.2, 0.25) is 0 Å². The van der Waals surface area contributed by atoms with Gasteiger partial charge in [-0.2, -0.15) is 0 Å². The van der Waals surface area contributed by atoms with Gasteiger partial charge in [-0.05, 0) is 55.5 Å². The average Bonchev–Trinajstić information content (AvgIpc) is 2.32. The number of aryl methyl sites for hydroxylation is 1. The van der Waals surface area contributed by atoms with Gasteiger partial charge in [0.15, 0.2) is 0 Å². The van der Waals surface area contributed by atoms with Crippen molar-refractivity contribution in [3.8, 4) is 0 Å². The fourth-order valence-corrected chi connectivity index (χ4v) is 2.86. The van der Waals surface area contributed by atoms with E-state index in [1.54, 1.807) is 0 Å². The van der Waals surface area contributed by atoms with Crippen molar-refractivity contribution in [1.82, 2.24) is 4.98 Å². The van der Waals surface area contributed by atoms with Crippen LogP contribution in [0.3, 0.4) is 0 Å². The van der Waals surface area contributed by atoms with E-state index in [-0.39, 0.29) is 0 Å².